The SMILES string of the molecule is CCOC(=O)c1c(-c2ccc(Cl)cc2)noc1NC(=O)CCCOc1ccc(CC)cc1. The van der Waals surface area contributed by atoms with E-state index < -0.39 is 5.97 Å². The number of carbonyl (C=O) groups excluding carboxylic acids is 2. The third-order valence-electron chi connectivity index (χ3n) is 4.69. The van der Waals surface area contributed by atoms with Crippen LogP contribution in [0.5, 0.6) is 5.75 Å². The quantitative estimate of drug-likeness (QED) is 0.318. The molecule has 7 nitrogen and oxygen atoms in total. The summed E-state index contributed by atoms with van der Waals surface area (Å²) in [6, 6.07) is 14.6. The van der Waals surface area contributed by atoms with Crippen LogP contribution in [0.25, 0.3) is 11.3 Å². The van der Waals surface area contributed by atoms with Crippen LogP contribution in [-0.4, -0.2) is 30.2 Å². The number of ether oxygens (including phenoxy) is 2. The van der Waals surface area contributed by atoms with Gasteiger partial charge in [-0.2, -0.15) is 0 Å². The van der Waals surface area contributed by atoms with E-state index in [1.807, 2.05) is 24.3 Å². The van der Waals surface area contributed by atoms with Crippen molar-refractivity contribution >= 4 is 29.4 Å². The van der Waals surface area contributed by atoms with Crippen molar-refractivity contribution in [2.75, 3.05) is 18.5 Å². The molecule has 1 amide bonds. The average molecular weight is 457 g/mol. The van der Waals surface area contributed by atoms with Crippen LogP contribution in [0.15, 0.2) is 53.1 Å². The van der Waals surface area contributed by atoms with Crippen molar-refractivity contribution in [3.05, 3.63) is 64.7 Å². The van der Waals surface area contributed by atoms with Gasteiger partial charge in [0.2, 0.25) is 11.8 Å². The van der Waals surface area contributed by atoms with Crippen molar-refractivity contribution in [3.63, 3.8) is 0 Å². The minimum atomic E-state index is -0.632. The zero-order valence-corrected chi connectivity index (χ0v) is 18.8. The molecule has 3 rings (SSSR count). The number of esters is 1. The predicted molar refractivity (Wildman–Crippen MR) is 122 cm³/mol. The normalized spacial score (nSPS) is 10.6. The van der Waals surface area contributed by atoms with Crippen LogP contribution in [0.3, 0.4) is 0 Å². The van der Waals surface area contributed by atoms with E-state index in [1.165, 1.54) is 5.56 Å². The Morgan fingerprint density at radius 3 is 2.44 bits per heavy atom. The number of nitrogens with one attached hydrogen (secondary N) is 1. The second-order valence-electron chi connectivity index (χ2n) is 6.96. The van der Waals surface area contributed by atoms with Gasteiger partial charge in [-0.25, -0.2) is 4.79 Å². The van der Waals surface area contributed by atoms with Crippen LogP contribution >= 0.6 is 11.6 Å². The lowest BCUT2D eigenvalue weighted by Gasteiger charge is -2.07. The highest BCUT2D eigenvalue weighted by molar-refractivity contribution is 6.30. The summed E-state index contributed by atoms with van der Waals surface area (Å²) in [7, 11) is 0. The first-order valence-corrected chi connectivity index (χ1v) is 10.8. The number of benzene rings is 2. The van der Waals surface area contributed by atoms with Crippen LogP contribution in [0.1, 0.15) is 42.6 Å². The first-order valence-electron chi connectivity index (χ1n) is 10.5. The number of rotatable bonds is 10. The Morgan fingerprint density at radius 1 is 1.06 bits per heavy atom. The molecule has 32 heavy (non-hydrogen) atoms. The number of hydrogen-bond donors (Lipinski definition) is 1. The van der Waals surface area contributed by atoms with Gasteiger partial charge in [-0.05, 0) is 49.6 Å². The van der Waals surface area contributed by atoms with E-state index >= 15 is 0 Å². The van der Waals surface area contributed by atoms with Gasteiger partial charge in [-0.15, -0.1) is 0 Å². The molecular weight excluding hydrogens is 432 g/mol. The second-order valence-corrected chi connectivity index (χ2v) is 7.40. The van der Waals surface area contributed by atoms with Gasteiger partial charge in [-0.1, -0.05) is 47.9 Å². The highest BCUT2D eigenvalue weighted by Gasteiger charge is 2.26. The molecule has 0 unspecified atom stereocenters. The lowest BCUT2D eigenvalue weighted by Crippen LogP contribution is -2.15. The molecule has 8 heteroatoms. The Kier molecular flexibility index (Phi) is 8.27. The van der Waals surface area contributed by atoms with Crippen molar-refractivity contribution in [2.24, 2.45) is 0 Å². The fourth-order valence-electron chi connectivity index (χ4n) is 3.01. The van der Waals surface area contributed by atoms with Gasteiger partial charge < -0.3 is 14.0 Å². The Bertz CT molecular complexity index is 1050. The van der Waals surface area contributed by atoms with Crippen LogP contribution in [0.4, 0.5) is 5.88 Å². The van der Waals surface area contributed by atoms with E-state index in [0.717, 1.165) is 12.2 Å². The number of carbonyl (C=O) groups is 2. The van der Waals surface area contributed by atoms with E-state index in [-0.39, 0.29) is 36.1 Å². The topological polar surface area (TPSA) is 90.7 Å². The Morgan fingerprint density at radius 2 is 1.78 bits per heavy atom. The fourth-order valence-corrected chi connectivity index (χ4v) is 3.13. The molecule has 0 spiro atoms. The molecule has 0 fully saturated rings. The summed E-state index contributed by atoms with van der Waals surface area (Å²) in [6.07, 6.45) is 1.65. The number of hydrogen-bond acceptors (Lipinski definition) is 6. The predicted octanol–water partition coefficient (Wildman–Crippen LogP) is 5.53. The minimum Gasteiger partial charge on any atom is -0.494 e. The highest BCUT2D eigenvalue weighted by Crippen LogP contribution is 2.30. The number of amides is 1. The first-order chi connectivity index (χ1) is 15.5. The maximum Gasteiger partial charge on any atom is 0.346 e. The lowest BCUT2D eigenvalue weighted by molar-refractivity contribution is -0.116. The Balaban J connectivity index is 1.61. The summed E-state index contributed by atoms with van der Waals surface area (Å²) in [5.74, 6) is -0.239. The van der Waals surface area contributed by atoms with Crippen LogP contribution in [0, 0.1) is 0 Å². The monoisotopic (exact) mass is 456 g/mol. The molecule has 3 aromatic rings. The standard InChI is InChI=1S/C24H25ClN2O5/c1-3-16-7-13-19(14-8-16)31-15-5-6-20(28)26-23-21(24(29)30-4-2)22(27-32-23)17-9-11-18(25)12-10-17/h7-14H,3-6,15H2,1-2H3,(H,26,28). The largest absolute Gasteiger partial charge is 0.494 e. The molecule has 2 aromatic carbocycles. The molecule has 0 saturated carbocycles. The minimum absolute atomic E-state index is 0.0468. The molecule has 1 N–H and O–H groups in total. The summed E-state index contributed by atoms with van der Waals surface area (Å²) in [5.41, 5.74) is 2.19. The molecule has 168 valence electrons. The van der Waals surface area contributed by atoms with Crippen molar-refractivity contribution in [1.29, 1.82) is 0 Å². The van der Waals surface area contributed by atoms with E-state index in [4.69, 9.17) is 25.6 Å². The van der Waals surface area contributed by atoms with Gasteiger partial charge in [0, 0.05) is 17.0 Å². The molecule has 0 bridgehead atoms. The molecule has 0 atom stereocenters. The van der Waals surface area contributed by atoms with Gasteiger partial charge in [0.25, 0.3) is 0 Å². The number of aromatic nitrogens is 1. The third-order valence-corrected chi connectivity index (χ3v) is 4.94. The molecule has 0 saturated heterocycles. The van der Waals surface area contributed by atoms with Crippen molar-refractivity contribution in [1.82, 2.24) is 5.16 Å². The molecule has 1 aromatic heterocycles. The van der Waals surface area contributed by atoms with Gasteiger partial charge >= 0.3 is 5.97 Å². The molecule has 0 aliphatic heterocycles. The molecule has 0 aliphatic carbocycles. The molecular formula is C24H25ClN2O5. The highest BCUT2D eigenvalue weighted by atomic mass is 35.5. The summed E-state index contributed by atoms with van der Waals surface area (Å²) < 4.78 is 16.1. The van der Waals surface area contributed by atoms with E-state index in [0.29, 0.717) is 23.6 Å². The summed E-state index contributed by atoms with van der Waals surface area (Å²) in [6.45, 7) is 4.35. The van der Waals surface area contributed by atoms with Crippen LogP contribution < -0.4 is 10.1 Å². The number of nitrogens with zero attached hydrogens (tertiary/aromatic N) is 1. The van der Waals surface area contributed by atoms with Crippen LogP contribution in [0.2, 0.25) is 5.02 Å². The lowest BCUT2D eigenvalue weighted by atomic mass is 10.1. The van der Waals surface area contributed by atoms with E-state index in [1.54, 1.807) is 31.2 Å². The zero-order chi connectivity index (χ0) is 22.9. The Hall–Kier alpha value is -3.32. The zero-order valence-electron chi connectivity index (χ0n) is 18.0. The van der Waals surface area contributed by atoms with E-state index in [2.05, 4.69) is 17.4 Å². The first kappa shape index (κ1) is 23.3. The number of anilines is 1. The van der Waals surface area contributed by atoms with Gasteiger partial charge in [0.15, 0.2) is 5.56 Å². The van der Waals surface area contributed by atoms with Crippen LogP contribution in [-0.2, 0) is 16.0 Å². The van der Waals surface area contributed by atoms with Gasteiger partial charge in [0.1, 0.15) is 11.4 Å². The third kappa shape index (κ3) is 6.11. The summed E-state index contributed by atoms with van der Waals surface area (Å²) in [5, 5.41) is 7.13. The smallest absolute Gasteiger partial charge is 0.346 e. The number of halogens is 1. The van der Waals surface area contributed by atoms with Crippen molar-refractivity contribution in [2.45, 2.75) is 33.1 Å². The molecule has 1 heterocycles. The van der Waals surface area contributed by atoms with Gasteiger partial charge in [-0.3, -0.25) is 10.1 Å². The maximum absolute atomic E-state index is 12.5. The fraction of sp³-hybridized carbons (Fsp3) is 0.292. The van der Waals surface area contributed by atoms with Crippen molar-refractivity contribution < 1.29 is 23.6 Å². The maximum atomic E-state index is 12.5. The second kappa shape index (κ2) is 11.3. The average Bonchev–Trinajstić information content (AvgIpc) is 3.21. The molecule has 0 radical (unpaired) electrons. The Labute approximate surface area is 191 Å². The van der Waals surface area contributed by atoms with Crippen molar-refractivity contribution in [3.8, 4) is 17.0 Å². The van der Waals surface area contributed by atoms with Gasteiger partial charge in [0.05, 0.1) is 13.2 Å². The van der Waals surface area contributed by atoms with E-state index in [9.17, 15) is 9.59 Å². The molecule has 0 aliphatic rings. The summed E-state index contributed by atoms with van der Waals surface area (Å²) >= 11 is 5.94. The summed E-state index contributed by atoms with van der Waals surface area (Å²) in [4.78, 5) is 24.9. The number of aryl methyl sites for hydroxylation is 1.